The second kappa shape index (κ2) is 7.93. The fraction of sp³-hybridized carbons (Fsp3) is 0.467. The van der Waals surface area contributed by atoms with Gasteiger partial charge in [0.25, 0.3) is 0 Å². The van der Waals surface area contributed by atoms with Crippen molar-refractivity contribution in [2.75, 3.05) is 6.61 Å². The van der Waals surface area contributed by atoms with E-state index in [0.717, 1.165) is 10.7 Å². The first-order valence-electron chi connectivity index (χ1n) is 6.65. The van der Waals surface area contributed by atoms with Crippen molar-refractivity contribution >= 4 is 11.3 Å². The predicted octanol–water partition coefficient (Wildman–Crippen LogP) is 2.70. The van der Waals surface area contributed by atoms with Gasteiger partial charge in [0.05, 0.1) is 31.0 Å². The molecule has 0 aliphatic rings. The lowest BCUT2D eigenvalue weighted by atomic mass is 10.2. The molecule has 0 aliphatic carbocycles. The van der Waals surface area contributed by atoms with Crippen LogP contribution in [-0.2, 0) is 22.9 Å². The molecule has 0 bridgehead atoms. The maximum atomic E-state index is 10.4. The molecule has 1 unspecified atom stereocenters. The van der Waals surface area contributed by atoms with Gasteiger partial charge in [-0.15, -0.1) is 11.3 Å². The molecule has 0 fully saturated rings. The Labute approximate surface area is 128 Å². The number of rotatable bonds is 6. The summed E-state index contributed by atoms with van der Waals surface area (Å²) in [4.78, 5) is 9.73. The Bertz CT molecular complexity index is 591. The summed E-state index contributed by atoms with van der Waals surface area (Å²) in [5.41, 5.74) is 1.04. The normalized spacial score (nSPS) is 12.0. The molecule has 0 aliphatic heterocycles. The number of aryl methyl sites for hydroxylation is 2. The molecule has 6 heteroatoms. The van der Waals surface area contributed by atoms with Crippen molar-refractivity contribution in [2.24, 2.45) is 0 Å². The summed E-state index contributed by atoms with van der Waals surface area (Å²) in [5, 5.41) is 11.3. The van der Waals surface area contributed by atoms with Gasteiger partial charge < -0.3 is 9.15 Å². The molecule has 0 saturated carbocycles. The van der Waals surface area contributed by atoms with Gasteiger partial charge in [-0.05, 0) is 13.8 Å². The lowest BCUT2D eigenvalue weighted by molar-refractivity contribution is 0.0401. The van der Waals surface area contributed by atoms with E-state index in [1.165, 1.54) is 11.1 Å². The van der Waals surface area contributed by atoms with E-state index < -0.39 is 6.61 Å². The highest BCUT2D eigenvalue weighted by atomic mass is 32.1. The number of hydrogen-bond donors (Lipinski definition) is 0. The van der Waals surface area contributed by atoms with Crippen molar-refractivity contribution in [3.05, 3.63) is 33.9 Å². The first-order valence-corrected chi connectivity index (χ1v) is 7.47. The molecule has 2 rings (SSSR count). The molecule has 0 N–H and O–H groups in total. The number of hydrogen-bond acceptors (Lipinski definition) is 5. The zero-order valence-corrected chi connectivity index (χ0v) is 12.9. The van der Waals surface area contributed by atoms with Crippen LogP contribution < -0.4 is 0 Å². The number of aromatic nitrogens is 2. The molecule has 2 aromatic rings. The van der Waals surface area contributed by atoms with Crippen molar-refractivity contribution in [1.29, 1.82) is 0 Å². The molecule has 0 saturated heterocycles. The number of oxazole rings is 1. The Morgan fingerprint density at radius 3 is 2.90 bits per heavy atom. The van der Waals surface area contributed by atoms with Crippen molar-refractivity contribution in [1.82, 2.24) is 9.97 Å². The fourth-order valence-electron chi connectivity index (χ4n) is 1.77. The lowest BCUT2D eigenvalue weighted by Crippen LogP contribution is -2.16. The van der Waals surface area contributed by atoms with Crippen LogP contribution in [0.3, 0.4) is 0 Å². The van der Waals surface area contributed by atoms with Crippen LogP contribution in [0.1, 0.15) is 27.9 Å². The third kappa shape index (κ3) is 4.97. The van der Waals surface area contributed by atoms with Gasteiger partial charge in [-0.2, -0.15) is 0 Å². The quantitative estimate of drug-likeness (QED) is 0.770. The van der Waals surface area contributed by atoms with E-state index in [2.05, 4.69) is 21.8 Å². The number of nitrogens with zero attached hydrogens (tertiary/aromatic N) is 2. The molecule has 111 valence electrons. The highest BCUT2D eigenvalue weighted by molar-refractivity contribution is 7.11. The lowest BCUT2D eigenvalue weighted by Gasteiger charge is -2.12. The van der Waals surface area contributed by atoms with Gasteiger partial charge in [0.15, 0.2) is 5.89 Å². The summed E-state index contributed by atoms with van der Waals surface area (Å²) < 4.78 is 11.1. The van der Waals surface area contributed by atoms with Gasteiger partial charge in [0.1, 0.15) is 17.9 Å². The van der Waals surface area contributed by atoms with Gasteiger partial charge in [0, 0.05) is 11.3 Å². The first kappa shape index (κ1) is 15.7. The van der Waals surface area contributed by atoms with Crippen LogP contribution in [0.5, 0.6) is 0 Å². The van der Waals surface area contributed by atoms with E-state index in [0.29, 0.717) is 25.3 Å². The van der Waals surface area contributed by atoms with Crippen LogP contribution in [-0.4, -0.2) is 22.7 Å². The molecule has 0 aromatic carbocycles. The molecule has 1 radical (unpaired) electrons. The molecular formula is C15H17N2O3S. The molecule has 5 nitrogen and oxygen atoms in total. The summed E-state index contributed by atoms with van der Waals surface area (Å²) in [6.07, 6.45) is 3.98. The highest BCUT2D eigenvalue weighted by Crippen LogP contribution is 2.18. The number of thiazole rings is 1. The minimum atomic E-state index is -0.392. The minimum Gasteiger partial charge on any atom is -0.449 e. The monoisotopic (exact) mass is 305 g/mol. The summed E-state index contributed by atoms with van der Waals surface area (Å²) in [5.74, 6) is 5.95. The Morgan fingerprint density at radius 2 is 2.29 bits per heavy atom. The van der Waals surface area contributed by atoms with E-state index in [4.69, 9.17) is 9.15 Å². The predicted molar refractivity (Wildman–Crippen MR) is 78.3 cm³/mol. The molecule has 1 atom stereocenters. The summed E-state index contributed by atoms with van der Waals surface area (Å²) >= 11 is 1.63. The largest absolute Gasteiger partial charge is 0.449 e. The summed E-state index contributed by atoms with van der Waals surface area (Å²) in [7, 11) is 0. The van der Waals surface area contributed by atoms with Gasteiger partial charge in [-0.25, -0.2) is 15.1 Å². The molecule has 0 amide bonds. The van der Waals surface area contributed by atoms with Crippen LogP contribution in [0, 0.1) is 25.7 Å². The number of ether oxygens (including phenoxy) is 1. The molecule has 2 aromatic heterocycles. The van der Waals surface area contributed by atoms with E-state index in [1.54, 1.807) is 17.5 Å². The third-order valence-corrected chi connectivity index (χ3v) is 3.97. The van der Waals surface area contributed by atoms with Gasteiger partial charge >= 0.3 is 0 Å². The average Bonchev–Trinajstić information content (AvgIpc) is 3.07. The van der Waals surface area contributed by atoms with Crippen molar-refractivity contribution in [2.45, 2.75) is 39.4 Å². The van der Waals surface area contributed by atoms with Crippen molar-refractivity contribution < 1.29 is 14.3 Å². The summed E-state index contributed by atoms with van der Waals surface area (Å²) in [6.45, 7) is 4.07. The Morgan fingerprint density at radius 1 is 1.43 bits per heavy atom. The second-order valence-electron chi connectivity index (χ2n) is 4.51. The van der Waals surface area contributed by atoms with Crippen molar-refractivity contribution in [3.8, 4) is 11.8 Å². The second-order valence-corrected chi connectivity index (χ2v) is 5.80. The Hall–Kier alpha value is -1.68. The van der Waals surface area contributed by atoms with Gasteiger partial charge in [0.2, 0.25) is 0 Å². The SMILES string of the molecule is Cc1nc(COC(CC#CC[O])Cc2ncco2)sc1C. The standard InChI is InChI=1S/C15H17N2O3S/c1-11-12(2)21-15(17-11)10-20-13(5-3-4-7-18)9-14-16-6-8-19-14/h6,8,13H,5,7,9-10H2,1-2H3. The maximum Gasteiger partial charge on any atom is 0.196 e. The van der Waals surface area contributed by atoms with Crippen molar-refractivity contribution in [3.63, 3.8) is 0 Å². The van der Waals surface area contributed by atoms with Crippen LogP contribution in [0.2, 0.25) is 0 Å². The van der Waals surface area contributed by atoms with E-state index in [1.807, 2.05) is 13.8 Å². The van der Waals surface area contributed by atoms with Crippen LogP contribution >= 0.6 is 11.3 Å². The molecule has 21 heavy (non-hydrogen) atoms. The Kier molecular flexibility index (Phi) is 5.93. The van der Waals surface area contributed by atoms with E-state index in [9.17, 15) is 5.11 Å². The van der Waals surface area contributed by atoms with E-state index >= 15 is 0 Å². The molecular weight excluding hydrogens is 288 g/mol. The maximum absolute atomic E-state index is 10.4. The van der Waals surface area contributed by atoms with Gasteiger partial charge in [-0.3, -0.25) is 0 Å². The molecule has 2 heterocycles. The smallest absolute Gasteiger partial charge is 0.196 e. The minimum absolute atomic E-state index is 0.160. The Balaban J connectivity index is 1.94. The zero-order chi connectivity index (χ0) is 15.1. The van der Waals surface area contributed by atoms with Crippen LogP contribution in [0.15, 0.2) is 16.9 Å². The van der Waals surface area contributed by atoms with Crippen LogP contribution in [0.4, 0.5) is 0 Å². The van der Waals surface area contributed by atoms with Gasteiger partial charge in [-0.1, -0.05) is 11.8 Å². The average molecular weight is 305 g/mol. The van der Waals surface area contributed by atoms with Crippen LogP contribution in [0.25, 0.3) is 0 Å². The molecule has 0 spiro atoms. The highest BCUT2D eigenvalue weighted by Gasteiger charge is 2.14. The first-order chi connectivity index (χ1) is 10.2. The van der Waals surface area contributed by atoms with E-state index in [-0.39, 0.29) is 6.10 Å². The fourth-order valence-corrected chi connectivity index (χ4v) is 2.62. The zero-order valence-electron chi connectivity index (χ0n) is 12.1. The summed E-state index contributed by atoms with van der Waals surface area (Å²) in [6, 6.07) is 0. The third-order valence-electron chi connectivity index (χ3n) is 2.93. The topological polar surface area (TPSA) is 68.0 Å².